The van der Waals surface area contributed by atoms with Gasteiger partial charge in [0.2, 0.25) is 0 Å². The highest BCUT2D eigenvalue weighted by Crippen LogP contribution is 2.39. The molecule has 0 radical (unpaired) electrons. The van der Waals surface area contributed by atoms with Crippen molar-refractivity contribution in [2.24, 2.45) is 7.05 Å². The lowest BCUT2D eigenvalue weighted by Gasteiger charge is -2.03. The summed E-state index contributed by atoms with van der Waals surface area (Å²) >= 11 is 0. The van der Waals surface area contributed by atoms with Crippen molar-refractivity contribution in [3.8, 4) is 22.5 Å². The molecule has 108 valence electrons. The van der Waals surface area contributed by atoms with Gasteiger partial charge in [0.25, 0.3) is 0 Å². The number of hydrogen-bond donors (Lipinski definition) is 1. The maximum Gasteiger partial charge on any atom is 0.131 e. The molecule has 5 heteroatoms. The second-order valence-corrected chi connectivity index (χ2v) is 5.16. The molecular formula is C16H18N4O. The molecule has 3 rings (SSSR count). The predicted octanol–water partition coefficient (Wildman–Crippen LogP) is 3.25. The molecule has 0 aromatic carbocycles. The molecule has 0 atom stereocenters. The molecule has 0 aliphatic rings. The lowest BCUT2D eigenvalue weighted by molar-refractivity contribution is 0.503. The van der Waals surface area contributed by atoms with Crippen LogP contribution in [0.15, 0.2) is 28.8 Å². The monoisotopic (exact) mass is 282 g/mol. The van der Waals surface area contributed by atoms with Crippen molar-refractivity contribution in [1.29, 1.82) is 0 Å². The lowest BCUT2D eigenvalue weighted by atomic mass is 10.0. The number of furan rings is 1. The van der Waals surface area contributed by atoms with Crippen LogP contribution in [0.5, 0.6) is 0 Å². The first-order valence-corrected chi connectivity index (χ1v) is 6.81. The first-order chi connectivity index (χ1) is 10.0. The molecule has 2 N–H and O–H groups in total. The van der Waals surface area contributed by atoms with Gasteiger partial charge in [-0.15, -0.1) is 0 Å². The third-order valence-electron chi connectivity index (χ3n) is 3.81. The van der Waals surface area contributed by atoms with E-state index in [9.17, 15) is 0 Å². The van der Waals surface area contributed by atoms with E-state index in [1.807, 2.05) is 46.0 Å². The zero-order chi connectivity index (χ0) is 15.1. The predicted molar refractivity (Wildman–Crippen MR) is 82.8 cm³/mol. The van der Waals surface area contributed by atoms with Crippen molar-refractivity contribution < 1.29 is 4.42 Å². The number of hydrogen-bond acceptors (Lipinski definition) is 4. The fraction of sp³-hybridized carbons (Fsp3) is 0.250. The fourth-order valence-electron chi connectivity index (χ4n) is 2.62. The van der Waals surface area contributed by atoms with Gasteiger partial charge in [0, 0.05) is 18.8 Å². The van der Waals surface area contributed by atoms with Gasteiger partial charge in [-0.25, -0.2) is 0 Å². The molecule has 0 aliphatic heterocycles. The van der Waals surface area contributed by atoms with Gasteiger partial charge < -0.3 is 10.2 Å². The molecule has 0 spiro atoms. The molecule has 0 aliphatic carbocycles. The average Bonchev–Trinajstić information content (AvgIpc) is 2.88. The minimum atomic E-state index is 0.598. The molecule has 0 saturated carbocycles. The summed E-state index contributed by atoms with van der Waals surface area (Å²) in [6.45, 7) is 5.94. The molecule has 3 heterocycles. The van der Waals surface area contributed by atoms with E-state index in [1.54, 1.807) is 10.9 Å². The topological polar surface area (TPSA) is 69.9 Å². The van der Waals surface area contributed by atoms with Gasteiger partial charge in [0.15, 0.2) is 0 Å². The van der Waals surface area contributed by atoms with Crippen LogP contribution in [0.1, 0.15) is 17.1 Å². The van der Waals surface area contributed by atoms with Crippen LogP contribution in [0.2, 0.25) is 0 Å². The summed E-state index contributed by atoms with van der Waals surface area (Å²) in [5.41, 5.74) is 10.8. The Labute approximate surface area is 123 Å². The zero-order valence-corrected chi connectivity index (χ0v) is 12.6. The van der Waals surface area contributed by atoms with Gasteiger partial charge in [-0.3, -0.25) is 9.67 Å². The molecule has 0 amide bonds. The van der Waals surface area contributed by atoms with Crippen LogP contribution in [0.4, 0.5) is 5.82 Å². The van der Waals surface area contributed by atoms with E-state index in [0.29, 0.717) is 5.82 Å². The lowest BCUT2D eigenvalue weighted by Crippen LogP contribution is -1.98. The van der Waals surface area contributed by atoms with Gasteiger partial charge in [0.05, 0.1) is 11.3 Å². The van der Waals surface area contributed by atoms with Gasteiger partial charge in [-0.2, -0.15) is 5.10 Å². The number of nitrogens with two attached hydrogens (primary N) is 1. The number of rotatable bonds is 2. The molecular weight excluding hydrogens is 264 g/mol. The highest BCUT2D eigenvalue weighted by Gasteiger charge is 2.23. The van der Waals surface area contributed by atoms with E-state index >= 15 is 0 Å². The Balaban J connectivity index is 2.32. The Morgan fingerprint density at radius 2 is 1.86 bits per heavy atom. The summed E-state index contributed by atoms with van der Waals surface area (Å²) in [6.07, 6.45) is 1.76. The summed E-state index contributed by atoms with van der Waals surface area (Å²) in [4.78, 5) is 4.41. The highest BCUT2D eigenvalue weighted by atomic mass is 16.3. The molecule has 3 aromatic rings. The van der Waals surface area contributed by atoms with Crippen LogP contribution < -0.4 is 5.73 Å². The maximum atomic E-state index is 6.21. The van der Waals surface area contributed by atoms with E-state index in [-0.39, 0.29) is 0 Å². The van der Waals surface area contributed by atoms with Crippen molar-refractivity contribution in [3.05, 3.63) is 41.5 Å². The normalized spacial score (nSPS) is 11.0. The Kier molecular flexibility index (Phi) is 3.05. The molecule has 0 bridgehead atoms. The summed E-state index contributed by atoms with van der Waals surface area (Å²) in [5.74, 6) is 2.35. The Morgan fingerprint density at radius 1 is 1.10 bits per heavy atom. The number of aryl methyl sites for hydroxylation is 3. The zero-order valence-electron chi connectivity index (χ0n) is 12.6. The SMILES string of the molecule is Cc1oc(C)c(-c2nn(C)c(N)c2-c2ccccn2)c1C. The van der Waals surface area contributed by atoms with Crippen molar-refractivity contribution in [3.63, 3.8) is 0 Å². The van der Waals surface area contributed by atoms with Crippen LogP contribution >= 0.6 is 0 Å². The fourth-order valence-corrected chi connectivity index (χ4v) is 2.62. The Hall–Kier alpha value is -2.56. The molecule has 0 fully saturated rings. The van der Waals surface area contributed by atoms with Crippen molar-refractivity contribution in [2.75, 3.05) is 5.73 Å². The van der Waals surface area contributed by atoms with Gasteiger partial charge in [0.1, 0.15) is 23.0 Å². The molecule has 21 heavy (non-hydrogen) atoms. The van der Waals surface area contributed by atoms with Crippen LogP contribution in [-0.4, -0.2) is 14.8 Å². The average molecular weight is 282 g/mol. The molecule has 3 aromatic heterocycles. The highest BCUT2D eigenvalue weighted by molar-refractivity contribution is 5.88. The Bertz CT molecular complexity index is 800. The number of pyridine rings is 1. The number of nitrogen functional groups attached to an aromatic ring is 1. The van der Waals surface area contributed by atoms with E-state index in [4.69, 9.17) is 10.2 Å². The van der Waals surface area contributed by atoms with E-state index in [1.165, 1.54) is 0 Å². The first kappa shape index (κ1) is 13.4. The standard InChI is InChI=1S/C16H18N4O/c1-9-10(2)21-11(3)13(9)15-14(16(17)20(4)19-15)12-7-5-6-8-18-12/h5-8H,17H2,1-4H3. The van der Waals surface area contributed by atoms with Crippen molar-refractivity contribution >= 4 is 5.82 Å². The second-order valence-electron chi connectivity index (χ2n) is 5.16. The molecule has 0 unspecified atom stereocenters. The van der Waals surface area contributed by atoms with Crippen LogP contribution in [0.25, 0.3) is 22.5 Å². The van der Waals surface area contributed by atoms with Gasteiger partial charge >= 0.3 is 0 Å². The summed E-state index contributed by atoms with van der Waals surface area (Å²) in [7, 11) is 1.84. The van der Waals surface area contributed by atoms with Crippen molar-refractivity contribution in [2.45, 2.75) is 20.8 Å². The summed E-state index contributed by atoms with van der Waals surface area (Å²) in [6, 6.07) is 5.77. The summed E-state index contributed by atoms with van der Waals surface area (Å²) in [5, 5.41) is 4.58. The Morgan fingerprint density at radius 3 is 2.43 bits per heavy atom. The number of aromatic nitrogens is 3. The first-order valence-electron chi connectivity index (χ1n) is 6.81. The number of anilines is 1. The maximum absolute atomic E-state index is 6.21. The number of nitrogens with zero attached hydrogens (tertiary/aromatic N) is 3. The second kappa shape index (κ2) is 4.77. The third-order valence-corrected chi connectivity index (χ3v) is 3.81. The van der Waals surface area contributed by atoms with Gasteiger partial charge in [-0.05, 0) is 38.5 Å². The summed E-state index contributed by atoms with van der Waals surface area (Å²) < 4.78 is 7.41. The van der Waals surface area contributed by atoms with E-state index < -0.39 is 0 Å². The molecule has 5 nitrogen and oxygen atoms in total. The largest absolute Gasteiger partial charge is 0.466 e. The quantitative estimate of drug-likeness (QED) is 0.783. The third kappa shape index (κ3) is 2.01. The van der Waals surface area contributed by atoms with Crippen LogP contribution in [0, 0.1) is 20.8 Å². The smallest absolute Gasteiger partial charge is 0.131 e. The van der Waals surface area contributed by atoms with E-state index in [0.717, 1.165) is 39.6 Å². The minimum absolute atomic E-state index is 0.598. The van der Waals surface area contributed by atoms with Crippen molar-refractivity contribution in [1.82, 2.24) is 14.8 Å². The van der Waals surface area contributed by atoms with Crippen LogP contribution in [-0.2, 0) is 7.05 Å². The van der Waals surface area contributed by atoms with Gasteiger partial charge in [-0.1, -0.05) is 6.07 Å². The minimum Gasteiger partial charge on any atom is -0.466 e. The van der Waals surface area contributed by atoms with Crippen LogP contribution in [0.3, 0.4) is 0 Å². The molecule has 0 saturated heterocycles. The van der Waals surface area contributed by atoms with E-state index in [2.05, 4.69) is 10.1 Å².